The van der Waals surface area contributed by atoms with Crippen molar-refractivity contribution in [2.45, 2.75) is 34.1 Å². The molecule has 0 amide bonds. The second kappa shape index (κ2) is 9.09. The van der Waals surface area contributed by atoms with E-state index in [2.05, 4.69) is 4.98 Å². The number of fused-ring (bicyclic) bond motifs is 1. The number of hydrogen-bond donors (Lipinski definition) is 0. The number of nitrogens with zero attached hydrogens (tertiary/aromatic N) is 2. The second-order valence-corrected chi connectivity index (χ2v) is 7.37. The number of benzene rings is 1. The third-order valence-electron chi connectivity index (χ3n) is 4.28. The van der Waals surface area contributed by atoms with Crippen molar-refractivity contribution in [3.63, 3.8) is 0 Å². The normalized spacial score (nSPS) is 10.9. The van der Waals surface area contributed by atoms with E-state index in [-0.39, 0.29) is 12.4 Å². The van der Waals surface area contributed by atoms with Crippen LogP contribution < -0.4 is 9.47 Å². The summed E-state index contributed by atoms with van der Waals surface area (Å²) >= 11 is 1.35. The van der Waals surface area contributed by atoms with E-state index in [1.807, 2.05) is 32.9 Å². The number of aromatic nitrogens is 2. The summed E-state index contributed by atoms with van der Waals surface area (Å²) in [4.78, 5) is 29.8. The molecule has 1 aromatic carbocycles. The molecule has 8 heteroatoms. The maximum Gasteiger partial charge on any atom is 0.311 e. The molecule has 29 heavy (non-hydrogen) atoms. The first kappa shape index (κ1) is 20.9. The summed E-state index contributed by atoms with van der Waals surface area (Å²) in [7, 11) is 0. The molecule has 154 valence electrons. The number of esters is 1. The molecule has 0 spiro atoms. The van der Waals surface area contributed by atoms with E-state index >= 15 is 0 Å². The summed E-state index contributed by atoms with van der Waals surface area (Å²) in [6.07, 6.45) is 2.68. The molecule has 2 aromatic heterocycles. The van der Waals surface area contributed by atoms with Crippen LogP contribution in [0.2, 0.25) is 0 Å². The predicted molar refractivity (Wildman–Crippen MR) is 111 cm³/mol. The second-order valence-electron chi connectivity index (χ2n) is 6.28. The van der Waals surface area contributed by atoms with Gasteiger partial charge in [0.1, 0.15) is 22.9 Å². The van der Waals surface area contributed by atoms with Gasteiger partial charge in [-0.05, 0) is 45.4 Å². The van der Waals surface area contributed by atoms with Crippen molar-refractivity contribution < 1.29 is 23.8 Å². The minimum atomic E-state index is -0.302. The molecule has 0 N–H and O–H groups in total. The fraction of sp³-hybridized carbons (Fsp3) is 0.381. The average molecular weight is 416 g/mol. The first-order chi connectivity index (χ1) is 14.0. The van der Waals surface area contributed by atoms with Crippen LogP contribution in [0.3, 0.4) is 0 Å². The lowest BCUT2D eigenvalue weighted by Crippen LogP contribution is -2.06. The molecule has 0 radical (unpaired) electrons. The van der Waals surface area contributed by atoms with Crippen LogP contribution in [-0.2, 0) is 16.0 Å². The smallest absolute Gasteiger partial charge is 0.311 e. The lowest BCUT2D eigenvalue weighted by Gasteiger charge is -2.14. The van der Waals surface area contributed by atoms with Crippen molar-refractivity contribution in [1.82, 2.24) is 9.38 Å². The molecule has 7 nitrogen and oxygen atoms in total. The zero-order valence-electron chi connectivity index (χ0n) is 17.0. The van der Waals surface area contributed by atoms with E-state index in [1.165, 1.54) is 11.3 Å². The van der Waals surface area contributed by atoms with Gasteiger partial charge in [-0.25, -0.2) is 4.98 Å². The Labute approximate surface area is 173 Å². The maximum atomic E-state index is 11.9. The van der Waals surface area contributed by atoms with Crippen molar-refractivity contribution in [2.75, 3.05) is 19.8 Å². The minimum absolute atomic E-state index is 0.152. The van der Waals surface area contributed by atoms with Crippen LogP contribution in [0, 0.1) is 6.92 Å². The number of hydrogen-bond acceptors (Lipinski definition) is 7. The van der Waals surface area contributed by atoms with Crippen LogP contribution in [0.1, 0.15) is 41.7 Å². The van der Waals surface area contributed by atoms with Gasteiger partial charge in [0.15, 0.2) is 11.2 Å². The van der Waals surface area contributed by atoms with Crippen molar-refractivity contribution in [3.05, 3.63) is 34.5 Å². The standard InChI is InChI=1S/C21H24N2O5S/c1-5-26-17-10-15(18(27-6-2)8-13(17)4)20-16(12-24)23-11-14(29-21(23)22-20)9-19(25)28-7-3/h8,10-12H,5-7,9H2,1-4H3. The lowest BCUT2D eigenvalue weighted by molar-refractivity contribution is -0.142. The Kier molecular flexibility index (Phi) is 6.53. The van der Waals surface area contributed by atoms with E-state index in [4.69, 9.17) is 14.2 Å². The van der Waals surface area contributed by atoms with Gasteiger partial charge in [-0.1, -0.05) is 0 Å². The Balaban J connectivity index is 2.09. The van der Waals surface area contributed by atoms with Crippen LogP contribution in [-0.4, -0.2) is 41.5 Å². The third kappa shape index (κ3) is 4.27. The first-order valence-corrected chi connectivity index (χ1v) is 10.4. The van der Waals surface area contributed by atoms with Crippen LogP contribution >= 0.6 is 11.3 Å². The molecular weight excluding hydrogens is 392 g/mol. The van der Waals surface area contributed by atoms with Crippen LogP contribution in [0.4, 0.5) is 0 Å². The molecule has 0 saturated heterocycles. The highest BCUT2D eigenvalue weighted by Gasteiger charge is 2.21. The summed E-state index contributed by atoms with van der Waals surface area (Å²) in [6.45, 7) is 8.90. The molecule has 0 unspecified atom stereocenters. The highest BCUT2D eigenvalue weighted by atomic mass is 32.1. The van der Waals surface area contributed by atoms with Gasteiger partial charge in [0.05, 0.1) is 26.2 Å². The third-order valence-corrected chi connectivity index (χ3v) is 5.26. The van der Waals surface area contributed by atoms with Gasteiger partial charge in [0.25, 0.3) is 0 Å². The molecule has 0 aliphatic carbocycles. The van der Waals surface area contributed by atoms with Gasteiger partial charge >= 0.3 is 5.97 Å². The van der Waals surface area contributed by atoms with Crippen LogP contribution in [0.5, 0.6) is 11.5 Å². The van der Waals surface area contributed by atoms with E-state index in [1.54, 1.807) is 17.5 Å². The van der Waals surface area contributed by atoms with E-state index in [0.717, 1.165) is 22.5 Å². The van der Waals surface area contributed by atoms with Gasteiger partial charge in [0.2, 0.25) is 0 Å². The Hall–Kier alpha value is -2.87. The molecule has 0 fully saturated rings. The summed E-state index contributed by atoms with van der Waals surface area (Å²) < 4.78 is 18.2. The van der Waals surface area contributed by atoms with Crippen molar-refractivity contribution in [1.29, 1.82) is 0 Å². The SMILES string of the molecule is CCOC(=O)Cc1cn2c(C=O)c(-c3cc(OCC)c(C)cc3OCC)nc2s1. The molecule has 0 aliphatic rings. The topological polar surface area (TPSA) is 79.1 Å². The van der Waals surface area contributed by atoms with Gasteiger partial charge in [-0.3, -0.25) is 14.0 Å². The average Bonchev–Trinajstić information content (AvgIpc) is 3.21. The number of carbonyl (C=O) groups excluding carboxylic acids is 2. The summed E-state index contributed by atoms with van der Waals surface area (Å²) in [5.41, 5.74) is 2.58. The number of imidazole rings is 1. The zero-order valence-corrected chi connectivity index (χ0v) is 17.8. The van der Waals surface area contributed by atoms with Crippen molar-refractivity contribution in [3.8, 4) is 22.8 Å². The fourth-order valence-electron chi connectivity index (χ4n) is 3.09. The monoisotopic (exact) mass is 416 g/mol. The molecule has 3 rings (SSSR count). The van der Waals surface area contributed by atoms with Crippen LogP contribution in [0.25, 0.3) is 16.2 Å². The molecule has 0 atom stereocenters. The number of aldehydes is 1. The summed E-state index contributed by atoms with van der Waals surface area (Å²) in [6, 6.07) is 3.76. The van der Waals surface area contributed by atoms with Crippen LogP contribution in [0.15, 0.2) is 18.3 Å². The number of aryl methyl sites for hydroxylation is 1. The van der Waals surface area contributed by atoms with Gasteiger partial charge in [0, 0.05) is 16.6 Å². The maximum absolute atomic E-state index is 11.9. The zero-order chi connectivity index (χ0) is 21.0. The Morgan fingerprint density at radius 2 is 1.86 bits per heavy atom. The predicted octanol–water partition coefficient (Wildman–Crippen LogP) is 4.09. The highest BCUT2D eigenvalue weighted by molar-refractivity contribution is 7.17. The quantitative estimate of drug-likeness (QED) is 0.386. The Morgan fingerprint density at radius 3 is 2.52 bits per heavy atom. The highest BCUT2D eigenvalue weighted by Crippen LogP contribution is 2.38. The molecule has 3 aromatic rings. The number of ether oxygens (including phenoxy) is 3. The van der Waals surface area contributed by atoms with Gasteiger partial charge in [-0.2, -0.15) is 0 Å². The molecular formula is C21H24N2O5S. The number of thiazole rings is 1. The van der Waals surface area contributed by atoms with E-state index in [0.29, 0.717) is 47.5 Å². The molecule has 2 heterocycles. The number of rotatable bonds is 9. The number of carbonyl (C=O) groups is 2. The Bertz CT molecular complexity index is 1040. The minimum Gasteiger partial charge on any atom is -0.494 e. The molecule has 0 saturated carbocycles. The summed E-state index contributed by atoms with van der Waals surface area (Å²) in [5.74, 6) is 1.07. The van der Waals surface area contributed by atoms with Crippen molar-refractivity contribution in [2.24, 2.45) is 0 Å². The van der Waals surface area contributed by atoms with Crippen molar-refractivity contribution >= 4 is 28.6 Å². The Morgan fingerprint density at radius 1 is 1.14 bits per heavy atom. The fourth-order valence-corrected chi connectivity index (χ4v) is 4.06. The molecule has 0 bridgehead atoms. The lowest BCUT2D eigenvalue weighted by atomic mass is 10.1. The van der Waals surface area contributed by atoms with E-state index in [9.17, 15) is 9.59 Å². The van der Waals surface area contributed by atoms with Gasteiger partial charge in [-0.15, -0.1) is 11.3 Å². The van der Waals surface area contributed by atoms with Gasteiger partial charge < -0.3 is 14.2 Å². The first-order valence-electron chi connectivity index (χ1n) is 9.54. The van der Waals surface area contributed by atoms with E-state index < -0.39 is 0 Å². The summed E-state index contributed by atoms with van der Waals surface area (Å²) in [5, 5.41) is 0. The largest absolute Gasteiger partial charge is 0.494 e. The molecule has 0 aliphatic heterocycles.